The van der Waals surface area contributed by atoms with E-state index in [1.165, 1.54) is 12.8 Å². The Morgan fingerprint density at radius 1 is 1.07 bits per heavy atom. The van der Waals surface area contributed by atoms with Crippen LogP contribution in [0.3, 0.4) is 0 Å². The van der Waals surface area contributed by atoms with E-state index in [1.54, 1.807) is 19.3 Å². The van der Waals surface area contributed by atoms with Crippen LogP contribution in [-0.4, -0.2) is 0 Å². The van der Waals surface area contributed by atoms with E-state index in [0.29, 0.717) is 0 Å². The Labute approximate surface area is 89.5 Å². The first-order chi connectivity index (χ1) is 6.63. The van der Waals surface area contributed by atoms with Gasteiger partial charge in [-0.15, -0.1) is 0 Å². The first kappa shape index (κ1) is 10.5. The van der Waals surface area contributed by atoms with E-state index in [2.05, 4.69) is 27.7 Å². The monoisotopic (exact) mass is 194 g/mol. The molecule has 0 bridgehead atoms. The van der Waals surface area contributed by atoms with Crippen LogP contribution in [0.5, 0.6) is 0 Å². The number of hydrogen-bond donors (Lipinski definition) is 0. The third-order valence-corrected chi connectivity index (χ3v) is 5.15. The molecule has 4 atom stereocenters. The van der Waals surface area contributed by atoms with Crippen molar-refractivity contribution in [3.05, 3.63) is 0 Å². The number of rotatable bonds is 3. The molecule has 0 aromatic carbocycles. The van der Waals surface area contributed by atoms with E-state index < -0.39 is 0 Å². The van der Waals surface area contributed by atoms with Crippen molar-refractivity contribution in [3.63, 3.8) is 0 Å². The lowest BCUT2D eigenvalue weighted by atomic mass is 9.85. The lowest BCUT2D eigenvalue weighted by Gasteiger charge is -2.21. The maximum Gasteiger partial charge on any atom is -0.0261 e. The average molecular weight is 194 g/mol. The summed E-state index contributed by atoms with van der Waals surface area (Å²) in [5, 5.41) is 0. The van der Waals surface area contributed by atoms with Crippen molar-refractivity contribution in [1.82, 2.24) is 0 Å². The molecule has 2 rings (SSSR count). The Bertz CT molecular complexity index is 206. The van der Waals surface area contributed by atoms with Crippen LogP contribution in [0, 0.1) is 29.1 Å². The second-order valence-electron chi connectivity index (χ2n) is 6.16. The van der Waals surface area contributed by atoms with Crippen LogP contribution in [0.15, 0.2) is 0 Å². The van der Waals surface area contributed by atoms with Gasteiger partial charge in [-0.3, -0.25) is 0 Å². The van der Waals surface area contributed by atoms with Gasteiger partial charge in [-0.25, -0.2) is 0 Å². The van der Waals surface area contributed by atoms with Gasteiger partial charge < -0.3 is 0 Å². The van der Waals surface area contributed by atoms with Crippen molar-refractivity contribution in [2.24, 2.45) is 29.1 Å². The van der Waals surface area contributed by atoms with Crippen LogP contribution in [0.25, 0.3) is 0 Å². The zero-order chi connectivity index (χ0) is 10.3. The highest BCUT2D eigenvalue weighted by atomic mass is 14.6. The Morgan fingerprint density at radius 2 is 1.79 bits per heavy atom. The van der Waals surface area contributed by atoms with Crippen LogP contribution < -0.4 is 0 Å². The average Bonchev–Trinajstić information content (AvgIpc) is 2.68. The van der Waals surface area contributed by atoms with Crippen molar-refractivity contribution in [3.8, 4) is 0 Å². The fourth-order valence-electron chi connectivity index (χ4n) is 4.13. The van der Waals surface area contributed by atoms with Crippen molar-refractivity contribution in [2.75, 3.05) is 0 Å². The molecule has 0 heterocycles. The van der Waals surface area contributed by atoms with Crippen LogP contribution >= 0.6 is 0 Å². The molecular weight excluding hydrogens is 168 g/mol. The van der Waals surface area contributed by atoms with Crippen LogP contribution in [0.1, 0.15) is 59.8 Å². The third-order valence-electron chi connectivity index (χ3n) is 5.15. The normalized spacial score (nSPS) is 46.5. The summed E-state index contributed by atoms with van der Waals surface area (Å²) in [6.07, 6.45) is 7.53. The second-order valence-corrected chi connectivity index (χ2v) is 6.16. The summed E-state index contributed by atoms with van der Waals surface area (Å²) in [5.41, 5.74) is 0.838. The van der Waals surface area contributed by atoms with E-state index >= 15 is 0 Å². The summed E-state index contributed by atoms with van der Waals surface area (Å²) in [6, 6.07) is 0. The molecule has 0 heteroatoms. The first-order valence-corrected chi connectivity index (χ1v) is 6.63. The van der Waals surface area contributed by atoms with Gasteiger partial charge >= 0.3 is 0 Å². The molecule has 2 aliphatic carbocycles. The molecule has 0 saturated heterocycles. The molecule has 0 aliphatic heterocycles. The van der Waals surface area contributed by atoms with Gasteiger partial charge in [0.15, 0.2) is 0 Å². The minimum absolute atomic E-state index is 0.838. The maximum absolute atomic E-state index is 2.43. The van der Waals surface area contributed by atoms with E-state index in [9.17, 15) is 0 Å². The van der Waals surface area contributed by atoms with Gasteiger partial charge in [0.25, 0.3) is 0 Å². The van der Waals surface area contributed by atoms with Crippen molar-refractivity contribution in [1.29, 1.82) is 0 Å². The fraction of sp³-hybridized carbons (Fsp3) is 1.00. The van der Waals surface area contributed by atoms with E-state index in [0.717, 1.165) is 29.1 Å². The predicted octanol–water partition coefficient (Wildman–Crippen LogP) is 4.49. The van der Waals surface area contributed by atoms with Crippen LogP contribution in [-0.2, 0) is 0 Å². The van der Waals surface area contributed by atoms with Gasteiger partial charge in [0.05, 0.1) is 0 Å². The van der Waals surface area contributed by atoms with Crippen LogP contribution in [0.4, 0.5) is 0 Å². The second kappa shape index (κ2) is 3.54. The molecule has 2 fully saturated rings. The zero-order valence-electron chi connectivity index (χ0n) is 10.3. The van der Waals surface area contributed by atoms with Crippen molar-refractivity contribution < 1.29 is 0 Å². The molecule has 0 N–H and O–H groups in total. The topological polar surface area (TPSA) is 0 Å². The highest BCUT2D eigenvalue weighted by molar-refractivity contribution is 5.08. The molecule has 2 aliphatic rings. The van der Waals surface area contributed by atoms with Crippen LogP contribution in [0.2, 0.25) is 0 Å². The maximum atomic E-state index is 2.43. The van der Waals surface area contributed by atoms with Gasteiger partial charge in [-0.2, -0.15) is 0 Å². The van der Waals surface area contributed by atoms with Gasteiger partial charge in [-0.05, 0) is 48.3 Å². The van der Waals surface area contributed by atoms with E-state index in [1.807, 2.05) is 0 Å². The van der Waals surface area contributed by atoms with Crippen molar-refractivity contribution >= 4 is 0 Å². The van der Waals surface area contributed by atoms with Gasteiger partial charge in [0.2, 0.25) is 0 Å². The minimum atomic E-state index is 0.838. The molecule has 4 unspecified atom stereocenters. The summed E-state index contributed by atoms with van der Waals surface area (Å²) >= 11 is 0. The Kier molecular flexibility index (Phi) is 2.66. The van der Waals surface area contributed by atoms with Gasteiger partial charge in [-0.1, -0.05) is 40.5 Å². The Hall–Kier alpha value is 0. The predicted molar refractivity (Wildman–Crippen MR) is 62.2 cm³/mol. The molecule has 0 amide bonds. The fourth-order valence-corrected chi connectivity index (χ4v) is 4.13. The molecular formula is C14H26. The quantitative estimate of drug-likeness (QED) is 0.621. The van der Waals surface area contributed by atoms with Crippen molar-refractivity contribution in [2.45, 2.75) is 59.8 Å². The highest BCUT2D eigenvalue weighted by Crippen LogP contribution is 2.68. The Morgan fingerprint density at radius 3 is 2.14 bits per heavy atom. The third kappa shape index (κ3) is 1.51. The van der Waals surface area contributed by atoms with E-state index in [4.69, 9.17) is 0 Å². The van der Waals surface area contributed by atoms with Gasteiger partial charge in [0, 0.05) is 0 Å². The number of hydrogen-bond acceptors (Lipinski definition) is 0. The first-order valence-electron chi connectivity index (χ1n) is 6.63. The SMILES string of the molecule is CCC1CC2(CC1C(C)C)CC2CC. The lowest BCUT2D eigenvalue weighted by Crippen LogP contribution is -2.13. The molecule has 82 valence electrons. The van der Waals surface area contributed by atoms with E-state index in [-0.39, 0.29) is 0 Å². The smallest absolute Gasteiger partial charge is 0.0261 e. The summed E-state index contributed by atoms with van der Waals surface area (Å²) in [6.45, 7) is 9.62. The molecule has 0 nitrogen and oxygen atoms in total. The molecule has 14 heavy (non-hydrogen) atoms. The minimum Gasteiger partial charge on any atom is -0.0651 e. The standard InChI is InChI=1S/C14H26/c1-5-11-7-14(8-12(14)6-2)9-13(11)10(3)4/h10-13H,5-9H2,1-4H3. The zero-order valence-corrected chi connectivity index (χ0v) is 10.3. The summed E-state index contributed by atoms with van der Waals surface area (Å²) in [4.78, 5) is 0. The Balaban J connectivity index is 2.02. The lowest BCUT2D eigenvalue weighted by molar-refractivity contribution is 0.287. The molecule has 0 radical (unpaired) electrons. The largest absolute Gasteiger partial charge is 0.0651 e. The highest BCUT2D eigenvalue weighted by Gasteiger charge is 2.58. The molecule has 2 saturated carbocycles. The molecule has 1 spiro atoms. The molecule has 0 aromatic heterocycles. The molecule has 0 aromatic rings. The van der Waals surface area contributed by atoms with Gasteiger partial charge in [0.1, 0.15) is 0 Å². The summed E-state index contributed by atoms with van der Waals surface area (Å²) in [5.74, 6) is 4.10. The summed E-state index contributed by atoms with van der Waals surface area (Å²) in [7, 11) is 0. The summed E-state index contributed by atoms with van der Waals surface area (Å²) < 4.78 is 0.